The number of nitrogens with one attached hydrogen (secondary N) is 1. The Kier molecular flexibility index (Phi) is 12.0. The van der Waals surface area contributed by atoms with Crippen molar-refractivity contribution < 1.29 is 32.6 Å². The van der Waals surface area contributed by atoms with Gasteiger partial charge in [-0.2, -0.15) is 22.7 Å². The van der Waals surface area contributed by atoms with E-state index in [0.717, 1.165) is 16.2 Å². The van der Waals surface area contributed by atoms with Gasteiger partial charge in [0.1, 0.15) is 18.4 Å². The van der Waals surface area contributed by atoms with Crippen LogP contribution >= 0.6 is 0 Å². The minimum Gasteiger partial charge on any atom is -0.490 e. The van der Waals surface area contributed by atoms with E-state index in [-0.39, 0.29) is 30.9 Å². The number of benzene rings is 2. The van der Waals surface area contributed by atoms with Crippen LogP contribution in [-0.4, -0.2) is 92.7 Å². The van der Waals surface area contributed by atoms with Crippen molar-refractivity contribution in [3.05, 3.63) is 59.2 Å². The molecular formula is C32H41N5O7S. The van der Waals surface area contributed by atoms with Crippen LogP contribution in [0.2, 0.25) is 0 Å². The second kappa shape index (κ2) is 15.2. The predicted octanol–water partition coefficient (Wildman–Crippen LogP) is 2.90. The van der Waals surface area contributed by atoms with Crippen LogP contribution in [0.5, 0.6) is 5.75 Å². The number of piperazine rings is 1. The SMILES string of the molecule is CC(C)[C@@H](NS(=O)(=O)N1CCN(c2ccc(C#Cc3ccc(OCCOC(C)(C)C)c(C(=O)N(C)C#N)c3)cc2)CC1)C(=O)O. The van der Waals surface area contributed by atoms with Gasteiger partial charge >= 0.3 is 5.97 Å². The number of hydrogen-bond donors (Lipinski definition) is 2. The number of anilines is 1. The summed E-state index contributed by atoms with van der Waals surface area (Å²) in [7, 11) is -2.56. The van der Waals surface area contributed by atoms with Crippen LogP contribution < -0.4 is 14.4 Å². The molecule has 0 aromatic heterocycles. The average Bonchev–Trinajstić information content (AvgIpc) is 3.00. The first-order valence-corrected chi connectivity index (χ1v) is 16.0. The average molecular weight is 640 g/mol. The maximum atomic E-state index is 12.9. The fraction of sp³-hybridized carbons (Fsp3) is 0.469. The molecule has 1 atom stereocenters. The molecule has 0 radical (unpaired) electrons. The topological polar surface area (TPSA) is 153 Å². The molecule has 0 unspecified atom stereocenters. The Labute approximate surface area is 265 Å². The van der Waals surface area contributed by atoms with Crippen molar-refractivity contribution in [3.8, 4) is 23.8 Å². The number of amides is 1. The lowest BCUT2D eigenvalue weighted by Crippen LogP contribution is -2.55. The van der Waals surface area contributed by atoms with Crippen molar-refractivity contribution in [2.45, 2.75) is 46.3 Å². The molecule has 13 heteroatoms. The van der Waals surface area contributed by atoms with E-state index in [9.17, 15) is 28.4 Å². The van der Waals surface area contributed by atoms with Gasteiger partial charge in [0.05, 0.1) is 17.8 Å². The van der Waals surface area contributed by atoms with E-state index < -0.39 is 34.0 Å². The van der Waals surface area contributed by atoms with E-state index in [1.54, 1.807) is 32.0 Å². The highest BCUT2D eigenvalue weighted by atomic mass is 32.2. The molecule has 3 rings (SSSR count). The second-order valence-electron chi connectivity index (χ2n) is 11.9. The maximum Gasteiger partial charge on any atom is 0.322 e. The number of aliphatic carboxylic acids is 1. The molecule has 1 amide bonds. The van der Waals surface area contributed by atoms with Gasteiger partial charge < -0.3 is 19.5 Å². The van der Waals surface area contributed by atoms with Crippen molar-refractivity contribution in [1.82, 2.24) is 13.9 Å². The summed E-state index contributed by atoms with van der Waals surface area (Å²) < 4.78 is 40.6. The van der Waals surface area contributed by atoms with Gasteiger partial charge in [-0.15, -0.1) is 0 Å². The summed E-state index contributed by atoms with van der Waals surface area (Å²) in [5.41, 5.74) is 2.11. The van der Waals surface area contributed by atoms with Crippen molar-refractivity contribution in [1.29, 1.82) is 5.26 Å². The lowest BCUT2D eigenvalue weighted by atomic mass is 10.1. The van der Waals surface area contributed by atoms with Crippen molar-refractivity contribution >= 4 is 27.8 Å². The van der Waals surface area contributed by atoms with Crippen LogP contribution in [0.25, 0.3) is 0 Å². The van der Waals surface area contributed by atoms with Crippen LogP contribution in [-0.2, 0) is 19.7 Å². The van der Waals surface area contributed by atoms with Crippen molar-refractivity contribution in [3.63, 3.8) is 0 Å². The smallest absolute Gasteiger partial charge is 0.322 e. The fourth-order valence-electron chi connectivity index (χ4n) is 4.42. The highest BCUT2D eigenvalue weighted by Crippen LogP contribution is 2.23. The van der Waals surface area contributed by atoms with Crippen LogP contribution in [0.1, 0.15) is 56.1 Å². The number of carbonyl (C=O) groups excluding carboxylic acids is 1. The zero-order chi connectivity index (χ0) is 33.4. The van der Waals surface area contributed by atoms with Gasteiger partial charge in [0.15, 0.2) is 6.19 Å². The molecule has 1 saturated heterocycles. The number of hydrogen-bond acceptors (Lipinski definition) is 8. The Morgan fingerprint density at radius 2 is 1.62 bits per heavy atom. The zero-order valence-electron chi connectivity index (χ0n) is 26.5. The van der Waals surface area contributed by atoms with E-state index >= 15 is 0 Å². The van der Waals surface area contributed by atoms with E-state index in [2.05, 4.69) is 21.5 Å². The van der Waals surface area contributed by atoms with Gasteiger partial charge in [-0.3, -0.25) is 9.59 Å². The molecule has 242 valence electrons. The normalized spacial score (nSPS) is 14.7. The van der Waals surface area contributed by atoms with Crippen LogP contribution in [0.4, 0.5) is 5.69 Å². The molecule has 0 saturated carbocycles. The van der Waals surface area contributed by atoms with E-state index in [0.29, 0.717) is 31.0 Å². The van der Waals surface area contributed by atoms with Gasteiger partial charge in [-0.25, -0.2) is 4.90 Å². The first kappa shape index (κ1) is 35.3. The first-order valence-electron chi connectivity index (χ1n) is 14.6. The molecule has 12 nitrogen and oxygen atoms in total. The van der Waals surface area contributed by atoms with Gasteiger partial charge in [-0.1, -0.05) is 25.7 Å². The van der Waals surface area contributed by atoms with Crippen molar-refractivity contribution in [2.24, 2.45) is 5.92 Å². The molecule has 2 aromatic carbocycles. The summed E-state index contributed by atoms with van der Waals surface area (Å²) in [6.07, 6.45) is 1.82. The summed E-state index contributed by atoms with van der Waals surface area (Å²) in [6, 6.07) is 11.3. The van der Waals surface area contributed by atoms with Crippen molar-refractivity contribution in [2.75, 3.05) is 51.3 Å². The quantitative estimate of drug-likeness (QED) is 0.164. The third-order valence-electron chi connectivity index (χ3n) is 6.91. The number of nitriles is 1. The highest BCUT2D eigenvalue weighted by molar-refractivity contribution is 7.87. The molecule has 0 bridgehead atoms. The van der Waals surface area contributed by atoms with Gasteiger partial charge in [0, 0.05) is 50.0 Å². The summed E-state index contributed by atoms with van der Waals surface area (Å²) in [4.78, 5) is 27.3. The molecule has 1 fully saturated rings. The second-order valence-corrected chi connectivity index (χ2v) is 13.6. The lowest BCUT2D eigenvalue weighted by Gasteiger charge is -2.36. The molecule has 0 aliphatic carbocycles. The monoisotopic (exact) mass is 639 g/mol. The van der Waals surface area contributed by atoms with Gasteiger partial charge in [0.2, 0.25) is 0 Å². The molecule has 2 N–H and O–H groups in total. The standard InChI is InChI=1S/C32H41N5O7S/c1-23(2)29(31(39)40)34-45(41,42)37-17-15-36(16-18-37)26-12-9-24(10-13-26)7-8-25-11-14-28(43-19-20-44-32(3,4)5)27(21-25)30(38)35(6)22-33/h9-14,21,23,29,34H,15-20H2,1-6H3,(H,39,40)/t29-/m1/s1. The molecule has 45 heavy (non-hydrogen) atoms. The van der Waals surface area contributed by atoms with Gasteiger partial charge in [-0.05, 0) is 69.2 Å². The third-order valence-corrected chi connectivity index (χ3v) is 8.51. The molecule has 1 heterocycles. The van der Waals surface area contributed by atoms with E-state index in [1.807, 2.05) is 51.2 Å². The number of carbonyl (C=O) groups is 2. The predicted molar refractivity (Wildman–Crippen MR) is 170 cm³/mol. The summed E-state index contributed by atoms with van der Waals surface area (Å²) in [5.74, 6) is 4.37. The number of carboxylic acids is 1. The van der Waals surface area contributed by atoms with Crippen LogP contribution in [0, 0.1) is 29.2 Å². The maximum absolute atomic E-state index is 12.9. The summed E-state index contributed by atoms with van der Waals surface area (Å²) in [5, 5.41) is 18.6. The minimum atomic E-state index is -3.94. The zero-order valence-corrected chi connectivity index (χ0v) is 27.3. The minimum absolute atomic E-state index is 0.215. The van der Waals surface area contributed by atoms with Crippen LogP contribution in [0.3, 0.4) is 0 Å². The van der Waals surface area contributed by atoms with Gasteiger partial charge in [0.25, 0.3) is 16.1 Å². The Morgan fingerprint density at radius 1 is 1.02 bits per heavy atom. The molecular weight excluding hydrogens is 598 g/mol. The fourth-order valence-corrected chi connectivity index (χ4v) is 5.91. The number of nitrogens with zero attached hydrogens (tertiary/aromatic N) is 4. The summed E-state index contributed by atoms with van der Waals surface area (Å²) in [6.45, 7) is 11.0. The first-order chi connectivity index (χ1) is 21.1. The lowest BCUT2D eigenvalue weighted by molar-refractivity contribution is -0.140. The van der Waals surface area contributed by atoms with E-state index in [4.69, 9.17) is 9.47 Å². The number of ether oxygens (including phenoxy) is 2. The Balaban J connectivity index is 1.67. The Morgan fingerprint density at radius 3 is 2.18 bits per heavy atom. The Hall–Kier alpha value is -4.14. The molecule has 1 aliphatic rings. The third kappa shape index (κ3) is 10.2. The largest absolute Gasteiger partial charge is 0.490 e. The molecule has 2 aromatic rings. The Bertz CT molecular complexity index is 1560. The highest BCUT2D eigenvalue weighted by Gasteiger charge is 2.33. The van der Waals surface area contributed by atoms with E-state index in [1.165, 1.54) is 11.4 Å². The van der Waals surface area contributed by atoms with Crippen LogP contribution in [0.15, 0.2) is 42.5 Å². The molecule has 1 aliphatic heterocycles. The summed E-state index contributed by atoms with van der Waals surface area (Å²) >= 11 is 0. The number of carboxylic acid groups (broad SMARTS) is 1. The number of rotatable bonds is 11. The molecule has 0 spiro atoms.